The summed E-state index contributed by atoms with van der Waals surface area (Å²) in [5.41, 5.74) is 0.374. The predicted octanol–water partition coefficient (Wildman–Crippen LogP) is 4.54. The second-order valence-corrected chi connectivity index (χ2v) is 6.95. The van der Waals surface area contributed by atoms with E-state index in [0.717, 1.165) is 34.4 Å². The van der Waals surface area contributed by atoms with Gasteiger partial charge in [-0.05, 0) is 48.2 Å². The Morgan fingerprint density at radius 2 is 1.97 bits per heavy atom. The van der Waals surface area contributed by atoms with E-state index in [1.54, 1.807) is 6.07 Å². The van der Waals surface area contributed by atoms with Crippen molar-refractivity contribution in [2.45, 2.75) is 25.1 Å². The number of pyridine rings is 1. The van der Waals surface area contributed by atoms with Gasteiger partial charge in [0.15, 0.2) is 5.82 Å². The molecule has 0 saturated carbocycles. The molecule has 10 heteroatoms. The fourth-order valence-corrected chi connectivity index (χ4v) is 3.47. The molecule has 1 atom stereocenters. The number of hydrogen-bond acceptors (Lipinski definition) is 4. The minimum absolute atomic E-state index is 0.0928. The lowest BCUT2D eigenvalue weighted by Crippen LogP contribution is -2.24. The standard InChI is InChI=1S/C19H13ClF4N4O/c20-17-15(27-14-5-2-10-1-4-12(21)7-13(10)14)9-26-28(18(17)29)16-6-3-11(8-25-16)19(22,23)24/h1,3-4,6-9,14,27H,2,5H2. The van der Waals surface area contributed by atoms with Crippen LogP contribution in [0.1, 0.15) is 29.2 Å². The molecule has 3 aromatic rings. The quantitative estimate of drug-likeness (QED) is 0.627. The number of alkyl halides is 3. The maximum atomic E-state index is 13.6. The van der Waals surface area contributed by atoms with Crippen molar-refractivity contribution in [3.8, 4) is 5.82 Å². The Hall–Kier alpha value is -2.94. The summed E-state index contributed by atoms with van der Waals surface area (Å²) >= 11 is 6.17. The number of aromatic nitrogens is 3. The first kappa shape index (κ1) is 19.4. The third kappa shape index (κ3) is 3.69. The molecule has 1 N–H and O–H groups in total. The SMILES string of the molecule is O=c1c(Cl)c(NC2CCc3ccc(F)cc32)cnn1-c1ccc(C(F)(F)F)cn1. The summed E-state index contributed by atoms with van der Waals surface area (Å²) in [6.07, 6.45) is -1.18. The topological polar surface area (TPSA) is 59.8 Å². The summed E-state index contributed by atoms with van der Waals surface area (Å²) in [4.78, 5) is 16.2. The van der Waals surface area contributed by atoms with Crippen molar-refractivity contribution in [3.05, 3.63) is 80.6 Å². The van der Waals surface area contributed by atoms with Gasteiger partial charge in [0.05, 0.1) is 23.5 Å². The van der Waals surface area contributed by atoms with E-state index in [1.165, 1.54) is 18.3 Å². The molecule has 0 amide bonds. The molecule has 150 valence electrons. The molecule has 0 fully saturated rings. The van der Waals surface area contributed by atoms with E-state index < -0.39 is 17.3 Å². The van der Waals surface area contributed by atoms with E-state index in [2.05, 4.69) is 15.4 Å². The van der Waals surface area contributed by atoms with Crippen LogP contribution in [0.4, 0.5) is 23.2 Å². The van der Waals surface area contributed by atoms with E-state index in [4.69, 9.17) is 11.6 Å². The number of halogens is 5. The smallest absolute Gasteiger partial charge is 0.376 e. The zero-order chi connectivity index (χ0) is 20.8. The van der Waals surface area contributed by atoms with Gasteiger partial charge in [-0.1, -0.05) is 17.7 Å². The van der Waals surface area contributed by atoms with Crippen molar-refractivity contribution in [2.24, 2.45) is 0 Å². The average molecular weight is 425 g/mol. The first-order valence-electron chi connectivity index (χ1n) is 8.60. The first-order valence-corrected chi connectivity index (χ1v) is 8.98. The number of nitrogens with zero attached hydrogens (tertiary/aromatic N) is 3. The van der Waals surface area contributed by atoms with Crippen LogP contribution in [0.5, 0.6) is 0 Å². The molecule has 29 heavy (non-hydrogen) atoms. The number of fused-ring (bicyclic) bond motifs is 1. The number of nitrogens with one attached hydrogen (secondary N) is 1. The van der Waals surface area contributed by atoms with Crippen LogP contribution in [0.2, 0.25) is 5.02 Å². The summed E-state index contributed by atoms with van der Waals surface area (Å²) in [7, 11) is 0. The Morgan fingerprint density at radius 1 is 1.17 bits per heavy atom. The second-order valence-electron chi connectivity index (χ2n) is 6.57. The van der Waals surface area contributed by atoms with Crippen molar-refractivity contribution in [3.63, 3.8) is 0 Å². The molecule has 0 bridgehead atoms. The van der Waals surface area contributed by atoms with Crippen molar-refractivity contribution in [1.82, 2.24) is 14.8 Å². The Kier molecular flexibility index (Phi) is 4.77. The van der Waals surface area contributed by atoms with Gasteiger partial charge in [0.1, 0.15) is 10.8 Å². The minimum atomic E-state index is -4.54. The van der Waals surface area contributed by atoms with Crippen LogP contribution in [-0.2, 0) is 12.6 Å². The molecule has 1 aromatic carbocycles. The summed E-state index contributed by atoms with van der Waals surface area (Å²) in [5.74, 6) is -0.449. The van der Waals surface area contributed by atoms with Gasteiger partial charge >= 0.3 is 6.18 Å². The van der Waals surface area contributed by atoms with Crippen LogP contribution < -0.4 is 10.9 Å². The second kappa shape index (κ2) is 7.14. The number of rotatable bonds is 3. The van der Waals surface area contributed by atoms with Crippen LogP contribution >= 0.6 is 11.6 Å². The van der Waals surface area contributed by atoms with Crippen molar-refractivity contribution in [1.29, 1.82) is 0 Å². The van der Waals surface area contributed by atoms with E-state index in [0.29, 0.717) is 12.6 Å². The molecule has 2 aromatic heterocycles. The lowest BCUT2D eigenvalue weighted by atomic mass is 10.1. The molecule has 1 unspecified atom stereocenters. The van der Waals surface area contributed by atoms with Gasteiger partial charge in [0, 0.05) is 6.20 Å². The van der Waals surface area contributed by atoms with Crippen molar-refractivity contribution in [2.75, 3.05) is 5.32 Å². The molecule has 1 aliphatic carbocycles. The number of aryl methyl sites for hydroxylation is 1. The lowest BCUT2D eigenvalue weighted by Gasteiger charge is -2.17. The maximum absolute atomic E-state index is 13.6. The average Bonchev–Trinajstić information content (AvgIpc) is 3.07. The molecule has 0 radical (unpaired) electrons. The molecule has 0 spiro atoms. The molecular weight excluding hydrogens is 412 g/mol. The predicted molar refractivity (Wildman–Crippen MR) is 98.7 cm³/mol. The number of hydrogen-bond donors (Lipinski definition) is 1. The third-order valence-electron chi connectivity index (χ3n) is 4.73. The highest BCUT2D eigenvalue weighted by molar-refractivity contribution is 6.33. The highest BCUT2D eigenvalue weighted by Crippen LogP contribution is 2.35. The summed E-state index contributed by atoms with van der Waals surface area (Å²) in [6, 6.07) is 6.17. The number of benzene rings is 1. The van der Waals surface area contributed by atoms with E-state index in [9.17, 15) is 22.4 Å². The minimum Gasteiger partial charge on any atom is -0.376 e. The molecule has 2 heterocycles. The Labute approximate surface area is 167 Å². The molecule has 0 saturated heterocycles. The summed E-state index contributed by atoms with van der Waals surface area (Å²) in [5, 5.41) is 6.87. The third-order valence-corrected chi connectivity index (χ3v) is 5.09. The Bertz CT molecular complexity index is 1130. The van der Waals surface area contributed by atoms with E-state index >= 15 is 0 Å². The molecular formula is C19H13ClF4N4O. The van der Waals surface area contributed by atoms with Crippen LogP contribution in [0.25, 0.3) is 5.82 Å². The fourth-order valence-electron chi connectivity index (χ4n) is 3.29. The largest absolute Gasteiger partial charge is 0.417 e. The fraction of sp³-hybridized carbons (Fsp3) is 0.211. The van der Waals surface area contributed by atoms with Crippen molar-refractivity contribution < 1.29 is 17.6 Å². The van der Waals surface area contributed by atoms with E-state index in [1.807, 2.05) is 0 Å². The maximum Gasteiger partial charge on any atom is 0.417 e. The highest BCUT2D eigenvalue weighted by Gasteiger charge is 2.31. The normalized spacial score (nSPS) is 16.0. The van der Waals surface area contributed by atoms with Gasteiger partial charge in [-0.25, -0.2) is 9.37 Å². The van der Waals surface area contributed by atoms with Crippen molar-refractivity contribution >= 4 is 17.3 Å². The first-order chi connectivity index (χ1) is 13.7. The molecule has 4 rings (SSSR count). The summed E-state index contributed by atoms with van der Waals surface area (Å²) in [6.45, 7) is 0. The highest BCUT2D eigenvalue weighted by atomic mass is 35.5. The monoisotopic (exact) mass is 424 g/mol. The van der Waals surface area contributed by atoms with E-state index in [-0.39, 0.29) is 28.4 Å². The zero-order valence-corrected chi connectivity index (χ0v) is 15.4. The lowest BCUT2D eigenvalue weighted by molar-refractivity contribution is -0.137. The molecule has 1 aliphatic rings. The zero-order valence-electron chi connectivity index (χ0n) is 14.7. The van der Waals surface area contributed by atoms with Gasteiger partial charge in [-0.15, -0.1) is 0 Å². The molecule has 0 aliphatic heterocycles. The van der Waals surface area contributed by atoms with Crippen LogP contribution in [0.15, 0.2) is 47.5 Å². The van der Waals surface area contributed by atoms with Gasteiger partial charge < -0.3 is 5.32 Å². The van der Waals surface area contributed by atoms with Crippen LogP contribution in [0, 0.1) is 5.82 Å². The van der Waals surface area contributed by atoms with Gasteiger partial charge in [-0.2, -0.15) is 23.0 Å². The van der Waals surface area contributed by atoms with Gasteiger partial charge in [0.2, 0.25) is 0 Å². The van der Waals surface area contributed by atoms with Gasteiger partial charge in [-0.3, -0.25) is 4.79 Å². The number of anilines is 1. The van der Waals surface area contributed by atoms with Crippen LogP contribution in [-0.4, -0.2) is 14.8 Å². The summed E-state index contributed by atoms with van der Waals surface area (Å²) < 4.78 is 52.4. The van der Waals surface area contributed by atoms with Crippen LogP contribution in [0.3, 0.4) is 0 Å². The van der Waals surface area contributed by atoms with Gasteiger partial charge in [0.25, 0.3) is 5.56 Å². The molecule has 5 nitrogen and oxygen atoms in total. The Balaban J connectivity index is 1.62. The Morgan fingerprint density at radius 3 is 2.66 bits per heavy atom.